The van der Waals surface area contributed by atoms with Crippen LogP contribution in [0.1, 0.15) is 32.1 Å². The number of alkyl halides is 2. The minimum Gasteiger partial charge on any atom is -0.433 e. The summed E-state index contributed by atoms with van der Waals surface area (Å²) in [5, 5.41) is 2.76. The van der Waals surface area contributed by atoms with Crippen molar-refractivity contribution in [3.8, 4) is 5.75 Å². The zero-order chi connectivity index (χ0) is 17.3. The molecule has 1 aromatic rings. The summed E-state index contributed by atoms with van der Waals surface area (Å²) in [6.45, 7) is -2.96. The topological polar surface area (TPSA) is 55.4 Å². The molecule has 0 saturated heterocycles. The molecule has 130 valence electrons. The fourth-order valence-corrected chi connectivity index (χ4v) is 3.93. The number of fused-ring (bicyclic) bond motifs is 2. The van der Waals surface area contributed by atoms with Gasteiger partial charge in [0.05, 0.1) is 5.02 Å². The van der Waals surface area contributed by atoms with E-state index in [1.165, 1.54) is 18.2 Å². The van der Waals surface area contributed by atoms with Gasteiger partial charge in [0.2, 0.25) is 5.91 Å². The van der Waals surface area contributed by atoms with E-state index >= 15 is 0 Å². The predicted octanol–water partition coefficient (Wildman–Crippen LogP) is 4.28. The van der Waals surface area contributed by atoms with Gasteiger partial charge in [-0.25, -0.2) is 0 Å². The molecule has 2 saturated carbocycles. The number of anilines is 1. The second-order valence-corrected chi connectivity index (χ2v) is 6.82. The molecule has 1 unspecified atom stereocenters. The number of nitrogens with one attached hydrogen (secondary N) is 1. The predicted molar refractivity (Wildman–Crippen MR) is 85.3 cm³/mol. The van der Waals surface area contributed by atoms with Crippen LogP contribution < -0.4 is 10.1 Å². The zero-order valence-corrected chi connectivity index (χ0v) is 13.7. The Labute approximate surface area is 143 Å². The third-order valence-electron chi connectivity index (χ3n) is 4.83. The molecule has 0 aromatic heterocycles. The summed E-state index contributed by atoms with van der Waals surface area (Å²) in [6.07, 6.45) is 3.95. The van der Waals surface area contributed by atoms with Gasteiger partial charge in [-0.2, -0.15) is 8.78 Å². The Kier molecular flexibility index (Phi) is 5.04. The molecule has 3 rings (SSSR count). The maximum absolute atomic E-state index is 12.5. The van der Waals surface area contributed by atoms with Gasteiger partial charge in [-0.15, -0.1) is 0 Å². The first-order valence-corrected chi connectivity index (χ1v) is 8.41. The van der Waals surface area contributed by atoms with Crippen molar-refractivity contribution >= 4 is 29.0 Å². The lowest BCUT2D eigenvalue weighted by Gasteiger charge is -2.36. The summed E-state index contributed by atoms with van der Waals surface area (Å²) in [5.41, 5.74) is 0.425. The van der Waals surface area contributed by atoms with Gasteiger partial charge in [0, 0.05) is 23.4 Å². The third-order valence-corrected chi connectivity index (χ3v) is 5.13. The molecule has 2 bridgehead atoms. The Bertz CT molecular complexity index is 637. The second-order valence-electron chi connectivity index (χ2n) is 6.41. The van der Waals surface area contributed by atoms with Crippen LogP contribution in [-0.2, 0) is 9.59 Å². The SMILES string of the molecule is O=C(Nc1ccc(OC(F)F)c(Cl)c1)C1C[C@H]2CCC[C@@H](C1)C2=O. The number of rotatable bonds is 4. The molecule has 3 atom stereocenters. The number of ketones is 1. The third kappa shape index (κ3) is 3.69. The van der Waals surface area contributed by atoms with Crippen LogP contribution in [0, 0.1) is 17.8 Å². The molecule has 24 heavy (non-hydrogen) atoms. The number of amides is 1. The van der Waals surface area contributed by atoms with Crippen LogP contribution in [-0.4, -0.2) is 18.3 Å². The van der Waals surface area contributed by atoms with Gasteiger partial charge < -0.3 is 10.1 Å². The van der Waals surface area contributed by atoms with E-state index in [1.807, 2.05) is 0 Å². The van der Waals surface area contributed by atoms with Crippen LogP contribution in [0.4, 0.5) is 14.5 Å². The lowest BCUT2D eigenvalue weighted by Crippen LogP contribution is -2.40. The summed E-state index contributed by atoms with van der Waals surface area (Å²) in [6, 6.07) is 4.14. The van der Waals surface area contributed by atoms with Gasteiger partial charge in [-0.05, 0) is 43.9 Å². The molecule has 0 spiro atoms. The fraction of sp³-hybridized carbons (Fsp3) is 0.529. The van der Waals surface area contributed by atoms with Crippen molar-refractivity contribution in [2.75, 3.05) is 5.32 Å². The van der Waals surface area contributed by atoms with E-state index in [2.05, 4.69) is 10.1 Å². The minimum absolute atomic E-state index is 0.00124. The summed E-state index contributed by atoms with van der Waals surface area (Å²) in [4.78, 5) is 24.5. The molecule has 7 heteroatoms. The smallest absolute Gasteiger partial charge is 0.387 e. The van der Waals surface area contributed by atoms with E-state index in [4.69, 9.17) is 11.6 Å². The molecule has 1 N–H and O–H groups in total. The normalized spacial score (nSPS) is 26.3. The Balaban J connectivity index is 1.65. The molecular formula is C17H18ClF2NO3. The summed E-state index contributed by atoms with van der Waals surface area (Å²) >= 11 is 5.89. The monoisotopic (exact) mass is 357 g/mol. The van der Waals surface area contributed by atoms with Crippen LogP contribution >= 0.6 is 11.6 Å². The van der Waals surface area contributed by atoms with Crippen LogP contribution in [0.25, 0.3) is 0 Å². The van der Waals surface area contributed by atoms with Crippen molar-refractivity contribution in [2.24, 2.45) is 17.8 Å². The maximum atomic E-state index is 12.5. The first kappa shape index (κ1) is 17.1. The Morgan fingerprint density at radius 3 is 2.50 bits per heavy atom. The number of halogens is 3. The van der Waals surface area contributed by atoms with E-state index in [0.29, 0.717) is 24.3 Å². The van der Waals surface area contributed by atoms with Crippen LogP contribution in [0.15, 0.2) is 18.2 Å². The number of benzene rings is 1. The number of ether oxygens (including phenoxy) is 1. The minimum atomic E-state index is -2.96. The molecule has 0 radical (unpaired) electrons. The first-order valence-electron chi connectivity index (χ1n) is 8.03. The highest BCUT2D eigenvalue weighted by atomic mass is 35.5. The number of hydrogen-bond donors (Lipinski definition) is 1. The Hall–Kier alpha value is -1.69. The maximum Gasteiger partial charge on any atom is 0.387 e. The quantitative estimate of drug-likeness (QED) is 0.875. The van der Waals surface area contributed by atoms with Crippen molar-refractivity contribution in [3.63, 3.8) is 0 Å². The van der Waals surface area contributed by atoms with Crippen molar-refractivity contribution in [2.45, 2.75) is 38.7 Å². The molecule has 2 aliphatic rings. The molecular weight excluding hydrogens is 340 g/mol. The second kappa shape index (κ2) is 7.05. The number of carbonyl (C=O) groups is 2. The van der Waals surface area contributed by atoms with E-state index in [1.54, 1.807) is 0 Å². The van der Waals surface area contributed by atoms with Gasteiger partial charge in [0.15, 0.2) is 0 Å². The fourth-order valence-electron chi connectivity index (χ4n) is 3.71. The average Bonchev–Trinajstić information content (AvgIpc) is 2.49. The molecule has 2 aliphatic carbocycles. The largest absolute Gasteiger partial charge is 0.433 e. The van der Waals surface area contributed by atoms with E-state index in [-0.39, 0.29) is 34.4 Å². The molecule has 0 heterocycles. The Morgan fingerprint density at radius 2 is 1.92 bits per heavy atom. The van der Waals surface area contributed by atoms with Crippen molar-refractivity contribution in [3.05, 3.63) is 23.2 Å². The van der Waals surface area contributed by atoms with Crippen molar-refractivity contribution in [1.29, 1.82) is 0 Å². The number of carbonyl (C=O) groups excluding carboxylic acids is 2. The van der Waals surface area contributed by atoms with Gasteiger partial charge >= 0.3 is 6.61 Å². The highest BCUT2D eigenvalue weighted by molar-refractivity contribution is 6.32. The van der Waals surface area contributed by atoms with E-state index < -0.39 is 6.61 Å². The van der Waals surface area contributed by atoms with Crippen LogP contribution in [0.2, 0.25) is 5.02 Å². The highest BCUT2D eigenvalue weighted by Crippen LogP contribution is 2.40. The van der Waals surface area contributed by atoms with Gasteiger partial charge in [0.25, 0.3) is 0 Å². The van der Waals surface area contributed by atoms with Crippen molar-refractivity contribution < 1.29 is 23.1 Å². The van der Waals surface area contributed by atoms with Gasteiger partial charge in [-0.1, -0.05) is 18.0 Å². The highest BCUT2D eigenvalue weighted by Gasteiger charge is 2.41. The average molecular weight is 358 g/mol. The molecule has 0 aliphatic heterocycles. The zero-order valence-electron chi connectivity index (χ0n) is 12.9. The van der Waals surface area contributed by atoms with Crippen LogP contribution in [0.3, 0.4) is 0 Å². The summed E-state index contributed by atoms with van der Waals surface area (Å²) in [7, 11) is 0. The molecule has 2 fully saturated rings. The number of hydrogen-bond acceptors (Lipinski definition) is 3. The van der Waals surface area contributed by atoms with E-state index in [0.717, 1.165) is 19.3 Å². The summed E-state index contributed by atoms with van der Waals surface area (Å²) in [5.74, 6) is -0.187. The lowest BCUT2D eigenvalue weighted by atomic mass is 9.67. The standard InChI is InChI=1S/C17H18ClF2NO3/c18-13-8-12(4-5-14(13)24-17(19)20)21-16(23)11-6-9-2-1-3-10(7-11)15(9)22/h4-5,8-11,17H,1-3,6-7H2,(H,21,23)/t9-,10+,11?. The van der Waals surface area contributed by atoms with Crippen LogP contribution in [0.5, 0.6) is 5.75 Å². The molecule has 1 aromatic carbocycles. The Morgan fingerprint density at radius 1 is 1.25 bits per heavy atom. The molecule has 1 amide bonds. The van der Waals surface area contributed by atoms with Gasteiger partial charge in [0.1, 0.15) is 11.5 Å². The lowest BCUT2D eigenvalue weighted by molar-refractivity contribution is -0.136. The van der Waals surface area contributed by atoms with E-state index in [9.17, 15) is 18.4 Å². The number of Topliss-reactive ketones (excluding diaryl/α,β-unsaturated/α-hetero) is 1. The van der Waals surface area contributed by atoms with Crippen molar-refractivity contribution in [1.82, 2.24) is 0 Å². The summed E-state index contributed by atoms with van der Waals surface area (Å²) < 4.78 is 28.7. The first-order chi connectivity index (χ1) is 11.4. The molecule has 4 nitrogen and oxygen atoms in total. The van der Waals surface area contributed by atoms with Gasteiger partial charge in [-0.3, -0.25) is 9.59 Å².